The molecule has 6 nitrogen and oxygen atoms in total. The van der Waals surface area contributed by atoms with Crippen LogP contribution in [0.5, 0.6) is 5.75 Å². The number of anilines is 2. The number of hydrogen-bond donors (Lipinski definition) is 3. The van der Waals surface area contributed by atoms with Crippen molar-refractivity contribution in [2.45, 2.75) is 44.8 Å². The summed E-state index contributed by atoms with van der Waals surface area (Å²) in [5, 5.41) is 16.3. The largest absolute Gasteiger partial charge is 0.492 e. The van der Waals surface area contributed by atoms with Gasteiger partial charge in [0.2, 0.25) is 5.95 Å². The maximum Gasteiger partial charge on any atom is 0.224 e. The first-order valence-electron chi connectivity index (χ1n) is 8.90. The van der Waals surface area contributed by atoms with Crippen LogP contribution >= 0.6 is 0 Å². The lowest BCUT2D eigenvalue weighted by atomic mass is 9.93. The Morgan fingerprint density at radius 3 is 2.68 bits per heavy atom. The highest BCUT2D eigenvalue weighted by atomic mass is 16.5. The third-order valence-corrected chi connectivity index (χ3v) is 4.41. The molecule has 3 rings (SSSR count). The Hall–Kier alpha value is -2.34. The minimum absolute atomic E-state index is 0.154. The van der Waals surface area contributed by atoms with E-state index in [4.69, 9.17) is 4.74 Å². The second-order valence-electron chi connectivity index (χ2n) is 6.46. The smallest absolute Gasteiger partial charge is 0.224 e. The van der Waals surface area contributed by atoms with Crippen molar-refractivity contribution in [1.82, 2.24) is 9.97 Å². The molecule has 0 radical (unpaired) electrons. The molecule has 0 unspecified atom stereocenters. The van der Waals surface area contributed by atoms with Gasteiger partial charge in [-0.1, -0.05) is 18.2 Å². The predicted octanol–water partition coefficient (Wildman–Crippen LogP) is 2.99. The number of aliphatic hydroxyl groups is 1. The van der Waals surface area contributed by atoms with E-state index < -0.39 is 0 Å². The minimum atomic E-state index is -0.154. The standard InChI is InChI=1S/C19H26N4O2/c1-14-13-21-19(22-15-7-9-16(24)10-8-15)23-18(14)20-11-12-25-17-5-3-2-4-6-17/h2-6,13,15-16,24H,7-12H2,1H3,(H2,20,21,22,23). The number of ether oxygens (including phenoxy) is 1. The summed E-state index contributed by atoms with van der Waals surface area (Å²) in [6.07, 6.45) is 5.25. The molecule has 2 aromatic rings. The number of benzene rings is 1. The summed E-state index contributed by atoms with van der Waals surface area (Å²) in [5.41, 5.74) is 1.00. The molecule has 6 heteroatoms. The van der Waals surface area contributed by atoms with Crippen LogP contribution in [0.15, 0.2) is 36.5 Å². The summed E-state index contributed by atoms with van der Waals surface area (Å²) in [6, 6.07) is 10.1. The van der Waals surface area contributed by atoms with Crippen LogP contribution in [0.2, 0.25) is 0 Å². The van der Waals surface area contributed by atoms with E-state index in [9.17, 15) is 5.11 Å². The Bertz CT molecular complexity index is 658. The van der Waals surface area contributed by atoms with Gasteiger partial charge in [0.25, 0.3) is 0 Å². The number of rotatable bonds is 7. The van der Waals surface area contributed by atoms with Gasteiger partial charge in [0.1, 0.15) is 18.2 Å². The van der Waals surface area contributed by atoms with Crippen molar-refractivity contribution in [2.75, 3.05) is 23.8 Å². The zero-order valence-electron chi connectivity index (χ0n) is 14.6. The molecule has 0 spiro atoms. The van der Waals surface area contributed by atoms with E-state index in [0.717, 1.165) is 42.8 Å². The Labute approximate surface area is 148 Å². The molecule has 1 aliphatic carbocycles. The van der Waals surface area contributed by atoms with Crippen LogP contribution in [0, 0.1) is 6.92 Å². The van der Waals surface area contributed by atoms with E-state index in [-0.39, 0.29) is 6.10 Å². The molecular weight excluding hydrogens is 316 g/mol. The molecular formula is C19H26N4O2. The summed E-state index contributed by atoms with van der Waals surface area (Å²) in [6.45, 7) is 3.22. The van der Waals surface area contributed by atoms with Crippen LogP contribution in [0.4, 0.5) is 11.8 Å². The van der Waals surface area contributed by atoms with Gasteiger partial charge in [-0.3, -0.25) is 0 Å². The molecule has 1 saturated carbocycles. The molecule has 3 N–H and O–H groups in total. The van der Waals surface area contributed by atoms with Crippen LogP contribution in [-0.4, -0.2) is 40.4 Å². The van der Waals surface area contributed by atoms with E-state index in [1.165, 1.54) is 0 Å². The normalized spacial score (nSPS) is 20.1. The molecule has 134 valence electrons. The Morgan fingerprint density at radius 2 is 1.92 bits per heavy atom. The van der Waals surface area contributed by atoms with Gasteiger partial charge in [-0.2, -0.15) is 4.98 Å². The average Bonchev–Trinajstić information content (AvgIpc) is 2.64. The third-order valence-electron chi connectivity index (χ3n) is 4.41. The van der Waals surface area contributed by atoms with E-state index in [0.29, 0.717) is 25.1 Å². The highest BCUT2D eigenvalue weighted by Gasteiger charge is 2.20. The summed E-state index contributed by atoms with van der Waals surface area (Å²) in [7, 11) is 0. The van der Waals surface area contributed by atoms with Crippen molar-refractivity contribution in [1.29, 1.82) is 0 Å². The van der Waals surface area contributed by atoms with Gasteiger partial charge in [0, 0.05) is 17.8 Å². The zero-order chi connectivity index (χ0) is 17.5. The SMILES string of the molecule is Cc1cnc(NC2CCC(O)CC2)nc1NCCOc1ccccc1. The number of aryl methyl sites for hydroxylation is 1. The lowest BCUT2D eigenvalue weighted by Gasteiger charge is -2.26. The first kappa shape index (κ1) is 17.5. The summed E-state index contributed by atoms with van der Waals surface area (Å²) >= 11 is 0. The summed E-state index contributed by atoms with van der Waals surface area (Å²) in [5.74, 6) is 2.33. The molecule has 1 aromatic carbocycles. The second-order valence-corrected chi connectivity index (χ2v) is 6.46. The summed E-state index contributed by atoms with van der Waals surface area (Å²) < 4.78 is 5.68. The number of hydrogen-bond acceptors (Lipinski definition) is 6. The molecule has 1 aromatic heterocycles. The number of para-hydroxylation sites is 1. The molecule has 1 aliphatic rings. The Morgan fingerprint density at radius 1 is 1.16 bits per heavy atom. The Balaban J connectivity index is 1.49. The van der Waals surface area contributed by atoms with Gasteiger partial charge < -0.3 is 20.5 Å². The molecule has 0 amide bonds. The van der Waals surface area contributed by atoms with Gasteiger partial charge in [-0.15, -0.1) is 0 Å². The maximum atomic E-state index is 9.60. The van der Waals surface area contributed by atoms with E-state index in [1.807, 2.05) is 43.5 Å². The van der Waals surface area contributed by atoms with Gasteiger partial charge in [-0.25, -0.2) is 4.98 Å². The van der Waals surface area contributed by atoms with E-state index >= 15 is 0 Å². The van der Waals surface area contributed by atoms with Gasteiger partial charge >= 0.3 is 0 Å². The fraction of sp³-hybridized carbons (Fsp3) is 0.474. The second kappa shape index (κ2) is 8.67. The fourth-order valence-electron chi connectivity index (χ4n) is 2.95. The highest BCUT2D eigenvalue weighted by Crippen LogP contribution is 2.21. The highest BCUT2D eigenvalue weighted by molar-refractivity contribution is 5.46. The molecule has 1 fully saturated rings. The van der Waals surface area contributed by atoms with Crippen molar-refractivity contribution in [3.8, 4) is 5.75 Å². The number of aliphatic hydroxyl groups excluding tert-OH is 1. The van der Waals surface area contributed by atoms with Crippen molar-refractivity contribution >= 4 is 11.8 Å². The molecule has 0 aliphatic heterocycles. The predicted molar refractivity (Wildman–Crippen MR) is 99.1 cm³/mol. The molecule has 0 bridgehead atoms. The lowest BCUT2D eigenvalue weighted by Crippen LogP contribution is -2.29. The van der Waals surface area contributed by atoms with Gasteiger partial charge in [0.15, 0.2) is 0 Å². The van der Waals surface area contributed by atoms with Crippen LogP contribution in [-0.2, 0) is 0 Å². The quantitative estimate of drug-likeness (QED) is 0.671. The zero-order valence-corrected chi connectivity index (χ0v) is 14.6. The van der Waals surface area contributed by atoms with E-state index in [1.54, 1.807) is 0 Å². The Kier molecular flexibility index (Phi) is 6.06. The summed E-state index contributed by atoms with van der Waals surface area (Å²) in [4.78, 5) is 8.95. The molecule has 0 atom stereocenters. The number of nitrogens with one attached hydrogen (secondary N) is 2. The molecule has 1 heterocycles. The van der Waals surface area contributed by atoms with Crippen LogP contribution in [0.3, 0.4) is 0 Å². The van der Waals surface area contributed by atoms with Crippen LogP contribution in [0.1, 0.15) is 31.2 Å². The average molecular weight is 342 g/mol. The van der Waals surface area contributed by atoms with Crippen molar-refractivity contribution in [2.24, 2.45) is 0 Å². The third kappa shape index (κ3) is 5.32. The molecule has 25 heavy (non-hydrogen) atoms. The van der Waals surface area contributed by atoms with Crippen molar-refractivity contribution in [3.63, 3.8) is 0 Å². The lowest BCUT2D eigenvalue weighted by molar-refractivity contribution is 0.126. The van der Waals surface area contributed by atoms with Gasteiger partial charge in [-0.05, 0) is 44.7 Å². The first-order valence-corrected chi connectivity index (χ1v) is 8.90. The maximum absolute atomic E-state index is 9.60. The van der Waals surface area contributed by atoms with Crippen molar-refractivity contribution < 1.29 is 9.84 Å². The minimum Gasteiger partial charge on any atom is -0.492 e. The molecule has 0 saturated heterocycles. The van der Waals surface area contributed by atoms with Crippen LogP contribution in [0.25, 0.3) is 0 Å². The monoisotopic (exact) mass is 342 g/mol. The van der Waals surface area contributed by atoms with Crippen LogP contribution < -0.4 is 15.4 Å². The fourth-order valence-corrected chi connectivity index (χ4v) is 2.95. The number of nitrogens with zero attached hydrogens (tertiary/aromatic N) is 2. The topological polar surface area (TPSA) is 79.3 Å². The first-order chi connectivity index (χ1) is 12.2. The van der Waals surface area contributed by atoms with E-state index in [2.05, 4.69) is 20.6 Å². The van der Waals surface area contributed by atoms with Crippen molar-refractivity contribution in [3.05, 3.63) is 42.1 Å². The van der Waals surface area contributed by atoms with Gasteiger partial charge in [0.05, 0.1) is 12.6 Å². The number of aromatic nitrogens is 2.